The molecule has 0 radical (unpaired) electrons. The van der Waals surface area contributed by atoms with Crippen molar-refractivity contribution >= 4 is 51.1 Å². The van der Waals surface area contributed by atoms with Crippen LogP contribution in [0.1, 0.15) is 21.0 Å². The summed E-state index contributed by atoms with van der Waals surface area (Å²) in [6.45, 7) is 0. The van der Waals surface area contributed by atoms with E-state index in [1.165, 1.54) is 24.4 Å². The molecular formula is C19H14OS4. The van der Waals surface area contributed by atoms with Gasteiger partial charge in [0.15, 0.2) is 5.78 Å². The Bertz CT molecular complexity index is 926. The number of carbonyl (C=O) groups excluding carboxylic acids is 1. The lowest BCUT2D eigenvalue weighted by Gasteiger charge is -1.96. The largest absolute Gasteiger partial charge is 0.293 e. The normalized spacial score (nSPS) is 11.0. The summed E-state index contributed by atoms with van der Waals surface area (Å²) in [6, 6.07) is 16.7. The summed E-state index contributed by atoms with van der Waals surface area (Å²) >= 11 is 6.87. The van der Waals surface area contributed by atoms with Crippen LogP contribution >= 0.6 is 45.3 Å². The van der Waals surface area contributed by atoms with Gasteiger partial charge in [-0.05, 0) is 53.6 Å². The van der Waals surface area contributed by atoms with Gasteiger partial charge in [0.05, 0.1) is 4.88 Å². The third kappa shape index (κ3) is 3.44. The summed E-state index contributed by atoms with van der Waals surface area (Å²) in [7, 11) is 0. The average molecular weight is 387 g/mol. The smallest absolute Gasteiger partial charge is 0.173 e. The Morgan fingerprint density at radius 3 is 2.08 bits per heavy atom. The fraction of sp³-hybridized carbons (Fsp3) is 0.105. The Hall–Kier alpha value is -1.53. The van der Waals surface area contributed by atoms with Crippen molar-refractivity contribution in [2.75, 3.05) is 0 Å². The van der Waals surface area contributed by atoms with E-state index in [1.807, 2.05) is 12.1 Å². The summed E-state index contributed by atoms with van der Waals surface area (Å²) in [5.41, 5.74) is 0. The number of hydrogen-bond donors (Lipinski definition) is 0. The number of thiophene rings is 4. The molecule has 5 heteroatoms. The molecule has 0 unspecified atom stereocenters. The second kappa shape index (κ2) is 7.15. The van der Waals surface area contributed by atoms with Crippen LogP contribution in [0.4, 0.5) is 0 Å². The van der Waals surface area contributed by atoms with Crippen LogP contribution in [0.25, 0.3) is 19.5 Å². The van der Waals surface area contributed by atoms with Gasteiger partial charge in [0.2, 0.25) is 0 Å². The highest BCUT2D eigenvalue weighted by atomic mass is 32.1. The SMILES string of the molecule is O=C(CCc1ccc(-c2cccs2)s1)c1ccc(-c2cccs2)s1. The van der Waals surface area contributed by atoms with Gasteiger partial charge in [-0.3, -0.25) is 4.79 Å². The van der Waals surface area contributed by atoms with Gasteiger partial charge in [-0.1, -0.05) is 12.1 Å². The molecule has 0 amide bonds. The fourth-order valence-electron chi connectivity index (χ4n) is 2.46. The van der Waals surface area contributed by atoms with E-state index in [9.17, 15) is 4.79 Å². The van der Waals surface area contributed by atoms with Crippen LogP contribution in [0.5, 0.6) is 0 Å². The maximum atomic E-state index is 12.5. The maximum absolute atomic E-state index is 12.5. The molecule has 0 saturated heterocycles. The molecule has 0 atom stereocenters. The van der Waals surface area contributed by atoms with Gasteiger partial charge >= 0.3 is 0 Å². The molecule has 24 heavy (non-hydrogen) atoms. The minimum absolute atomic E-state index is 0.244. The van der Waals surface area contributed by atoms with Crippen molar-refractivity contribution in [1.82, 2.24) is 0 Å². The summed E-state index contributed by atoms with van der Waals surface area (Å²) in [6.07, 6.45) is 1.40. The van der Waals surface area contributed by atoms with Crippen molar-refractivity contribution in [3.8, 4) is 19.5 Å². The zero-order valence-corrected chi connectivity index (χ0v) is 16.0. The van der Waals surface area contributed by atoms with Gasteiger partial charge in [0, 0.05) is 30.8 Å². The van der Waals surface area contributed by atoms with Crippen molar-refractivity contribution in [2.45, 2.75) is 12.8 Å². The van der Waals surface area contributed by atoms with Crippen molar-refractivity contribution in [3.05, 3.63) is 69.0 Å². The molecule has 0 saturated carbocycles. The number of rotatable bonds is 6. The van der Waals surface area contributed by atoms with Gasteiger partial charge in [0.25, 0.3) is 0 Å². The first-order valence-corrected chi connectivity index (χ1v) is 11.0. The summed E-state index contributed by atoms with van der Waals surface area (Å²) < 4.78 is 0. The Morgan fingerprint density at radius 1 is 0.750 bits per heavy atom. The monoisotopic (exact) mass is 386 g/mol. The minimum atomic E-state index is 0.244. The van der Waals surface area contributed by atoms with Crippen LogP contribution in [-0.2, 0) is 6.42 Å². The first-order valence-electron chi connectivity index (χ1n) is 7.59. The lowest BCUT2D eigenvalue weighted by Crippen LogP contribution is -1.97. The predicted molar refractivity (Wildman–Crippen MR) is 108 cm³/mol. The van der Waals surface area contributed by atoms with E-state index in [1.54, 1.807) is 45.3 Å². The van der Waals surface area contributed by atoms with E-state index in [0.717, 1.165) is 11.3 Å². The molecule has 4 aromatic heterocycles. The number of aryl methyl sites for hydroxylation is 1. The standard InChI is InChI=1S/C19H14OS4/c20-14(15-9-10-19(24-15)17-4-2-12-22-17)7-5-13-6-8-18(23-13)16-3-1-11-21-16/h1-4,6,8-12H,5,7H2. The Morgan fingerprint density at radius 2 is 1.42 bits per heavy atom. The van der Waals surface area contributed by atoms with E-state index in [-0.39, 0.29) is 5.78 Å². The lowest BCUT2D eigenvalue weighted by molar-refractivity contribution is 0.0987. The molecular weight excluding hydrogens is 372 g/mol. The number of Topliss-reactive ketones (excluding diaryl/α,β-unsaturated/α-hetero) is 1. The van der Waals surface area contributed by atoms with E-state index >= 15 is 0 Å². The zero-order valence-electron chi connectivity index (χ0n) is 12.7. The summed E-state index contributed by atoms with van der Waals surface area (Å²) in [5, 5.41) is 4.17. The average Bonchev–Trinajstić information content (AvgIpc) is 3.40. The van der Waals surface area contributed by atoms with Crippen LogP contribution in [0, 0.1) is 0 Å². The predicted octanol–water partition coefficient (Wildman–Crippen LogP) is 7.08. The zero-order chi connectivity index (χ0) is 16.4. The number of ketones is 1. The highest BCUT2D eigenvalue weighted by Gasteiger charge is 2.12. The van der Waals surface area contributed by atoms with Crippen molar-refractivity contribution in [1.29, 1.82) is 0 Å². The van der Waals surface area contributed by atoms with E-state index in [0.29, 0.717) is 6.42 Å². The Balaban J connectivity index is 1.40. The van der Waals surface area contributed by atoms with Crippen LogP contribution in [-0.4, -0.2) is 5.78 Å². The Kier molecular flexibility index (Phi) is 4.76. The van der Waals surface area contributed by atoms with Crippen LogP contribution in [0.3, 0.4) is 0 Å². The minimum Gasteiger partial charge on any atom is -0.293 e. The fourth-order valence-corrected chi connectivity index (χ4v) is 6.11. The lowest BCUT2D eigenvalue weighted by atomic mass is 10.2. The van der Waals surface area contributed by atoms with Gasteiger partial charge in [-0.2, -0.15) is 0 Å². The highest BCUT2D eigenvalue weighted by molar-refractivity contribution is 7.22. The van der Waals surface area contributed by atoms with Crippen LogP contribution < -0.4 is 0 Å². The van der Waals surface area contributed by atoms with Gasteiger partial charge in [-0.25, -0.2) is 0 Å². The molecule has 4 rings (SSSR count). The van der Waals surface area contributed by atoms with Crippen LogP contribution in [0.15, 0.2) is 59.3 Å². The van der Waals surface area contributed by atoms with Crippen molar-refractivity contribution in [2.24, 2.45) is 0 Å². The molecule has 1 nitrogen and oxygen atoms in total. The van der Waals surface area contributed by atoms with E-state index in [4.69, 9.17) is 0 Å². The van der Waals surface area contributed by atoms with Gasteiger partial charge in [0.1, 0.15) is 0 Å². The topological polar surface area (TPSA) is 17.1 Å². The number of hydrogen-bond acceptors (Lipinski definition) is 5. The third-order valence-corrected chi connectivity index (χ3v) is 8.07. The molecule has 120 valence electrons. The van der Waals surface area contributed by atoms with E-state index < -0.39 is 0 Å². The molecule has 0 N–H and O–H groups in total. The third-order valence-electron chi connectivity index (χ3n) is 3.67. The Labute approximate surface area is 156 Å². The molecule has 0 spiro atoms. The van der Waals surface area contributed by atoms with Gasteiger partial charge < -0.3 is 0 Å². The van der Waals surface area contributed by atoms with E-state index in [2.05, 4.69) is 47.2 Å². The molecule has 4 aromatic rings. The molecule has 0 aliphatic heterocycles. The maximum Gasteiger partial charge on any atom is 0.173 e. The molecule has 0 aliphatic rings. The molecule has 0 bridgehead atoms. The van der Waals surface area contributed by atoms with Crippen LogP contribution in [0.2, 0.25) is 0 Å². The second-order valence-corrected chi connectivity index (χ2v) is 9.46. The van der Waals surface area contributed by atoms with Crippen molar-refractivity contribution < 1.29 is 4.79 Å². The molecule has 4 heterocycles. The first-order chi connectivity index (χ1) is 11.8. The highest BCUT2D eigenvalue weighted by Crippen LogP contribution is 2.34. The quantitative estimate of drug-likeness (QED) is 0.323. The number of carbonyl (C=O) groups is 1. The van der Waals surface area contributed by atoms with Gasteiger partial charge in [-0.15, -0.1) is 45.3 Å². The summed E-state index contributed by atoms with van der Waals surface area (Å²) in [5.74, 6) is 0.244. The molecule has 0 aromatic carbocycles. The second-order valence-electron chi connectivity index (χ2n) is 5.31. The van der Waals surface area contributed by atoms with Crippen molar-refractivity contribution in [3.63, 3.8) is 0 Å². The molecule has 0 aliphatic carbocycles. The first kappa shape index (κ1) is 16.0. The molecule has 0 fully saturated rings. The summed E-state index contributed by atoms with van der Waals surface area (Å²) in [4.78, 5) is 19.6.